The number of nitrogens with two attached hydrogens (primary N) is 1. The predicted molar refractivity (Wildman–Crippen MR) is 76.0 cm³/mol. The number of hydrogen-bond donors (Lipinski definition) is 2. The van der Waals surface area contributed by atoms with Crippen LogP contribution in [-0.2, 0) is 15.3 Å². The van der Waals surface area contributed by atoms with Crippen molar-refractivity contribution in [1.29, 1.82) is 0 Å². The van der Waals surface area contributed by atoms with Crippen LogP contribution in [-0.4, -0.2) is 30.7 Å². The van der Waals surface area contributed by atoms with Gasteiger partial charge in [-0.1, -0.05) is 12.1 Å². The Bertz CT molecular complexity index is 434. The molecule has 1 aromatic carbocycles. The summed E-state index contributed by atoms with van der Waals surface area (Å²) >= 11 is 1.54. The van der Waals surface area contributed by atoms with Crippen LogP contribution in [0.2, 0.25) is 0 Å². The number of methoxy groups -OCH3 is 1. The Morgan fingerprint density at radius 3 is 2.47 bits per heavy atom. The highest BCUT2D eigenvalue weighted by atomic mass is 32.2. The molecule has 0 radical (unpaired) electrons. The minimum Gasteiger partial charge on any atom is -0.497 e. The Kier molecular flexibility index (Phi) is 6.21. The molecule has 0 aliphatic carbocycles. The summed E-state index contributed by atoms with van der Waals surface area (Å²) in [5.74, 6) is 1.24. The van der Waals surface area contributed by atoms with E-state index in [-0.39, 0.29) is 5.91 Å². The summed E-state index contributed by atoms with van der Waals surface area (Å²) in [6.07, 6.45) is 0. The Hall–Kier alpha value is -1.69. The van der Waals surface area contributed by atoms with Crippen molar-refractivity contribution in [3.63, 3.8) is 0 Å². The number of amides is 2. The minimum atomic E-state index is -0.624. The lowest BCUT2D eigenvalue weighted by Crippen LogP contribution is -2.45. The van der Waals surface area contributed by atoms with Gasteiger partial charge < -0.3 is 15.8 Å². The van der Waals surface area contributed by atoms with Crippen molar-refractivity contribution in [2.24, 2.45) is 5.73 Å². The fourth-order valence-corrected chi connectivity index (χ4v) is 2.49. The van der Waals surface area contributed by atoms with Crippen LogP contribution in [0.15, 0.2) is 24.3 Å². The molecule has 0 aliphatic heterocycles. The number of ether oxygens (including phenoxy) is 1. The number of nitrogens with one attached hydrogen (secondary N) is 1. The molecule has 104 valence electrons. The van der Waals surface area contributed by atoms with Crippen LogP contribution in [0.3, 0.4) is 0 Å². The van der Waals surface area contributed by atoms with Crippen LogP contribution < -0.4 is 15.8 Å². The van der Waals surface area contributed by atoms with Crippen molar-refractivity contribution in [1.82, 2.24) is 5.32 Å². The molecule has 2 amide bonds. The zero-order valence-electron chi connectivity index (χ0n) is 11.0. The molecule has 19 heavy (non-hydrogen) atoms. The predicted octanol–water partition coefficient (Wildman–Crippen LogP) is 0.918. The lowest BCUT2D eigenvalue weighted by Gasteiger charge is -2.13. The summed E-state index contributed by atoms with van der Waals surface area (Å²) in [7, 11) is 1.62. The smallest absolute Gasteiger partial charge is 0.240 e. The SMILES string of the molecule is COc1ccc(CSC[C@H](NC(C)=O)C(N)=O)cc1. The maximum atomic E-state index is 11.1. The first kappa shape index (κ1) is 15.4. The first-order chi connectivity index (χ1) is 9.02. The summed E-state index contributed by atoms with van der Waals surface area (Å²) < 4.78 is 5.07. The summed E-state index contributed by atoms with van der Waals surface area (Å²) in [6, 6.07) is 7.07. The molecule has 1 rings (SSSR count). The topological polar surface area (TPSA) is 81.4 Å². The van der Waals surface area contributed by atoms with Gasteiger partial charge in [-0.25, -0.2) is 0 Å². The Balaban J connectivity index is 2.42. The van der Waals surface area contributed by atoms with E-state index in [0.717, 1.165) is 17.1 Å². The maximum Gasteiger partial charge on any atom is 0.240 e. The molecule has 6 heteroatoms. The molecule has 0 spiro atoms. The Labute approximate surface area is 116 Å². The van der Waals surface area contributed by atoms with Gasteiger partial charge in [0.1, 0.15) is 11.8 Å². The first-order valence-electron chi connectivity index (χ1n) is 5.80. The van der Waals surface area contributed by atoms with Crippen LogP contribution in [0, 0.1) is 0 Å². The molecule has 1 aromatic rings. The van der Waals surface area contributed by atoms with E-state index in [0.29, 0.717) is 5.75 Å². The molecular weight excluding hydrogens is 264 g/mol. The van der Waals surface area contributed by atoms with Crippen molar-refractivity contribution < 1.29 is 14.3 Å². The number of rotatable bonds is 7. The fourth-order valence-electron chi connectivity index (χ4n) is 1.46. The van der Waals surface area contributed by atoms with Gasteiger partial charge in [-0.3, -0.25) is 9.59 Å². The zero-order chi connectivity index (χ0) is 14.3. The molecule has 0 unspecified atom stereocenters. The van der Waals surface area contributed by atoms with Gasteiger partial charge in [0.05, 0.1) is 7.11 Å². The molecular formula is C13H18N2O3S. The summed E-state index contributed by atoms with van der Waals surface area (Å²) in [4.78, 5) is 22.1. The highest BCUT2D eigenvalue weighted by Crippen LogP contribution is 2.17. The second-order valence-corrected chi connectivity index (χ2v) is 5.05. The highest BCUT2D eigenvalue weighted by Gasteiger charge is 2.15. The number of hydrogen-bond acceptors (Lipinski definition) is 4. The minimum absolute atomic E-state index is 0.256. The second kappa shape index (κ2) is 7.68. The van der Waals surface area contributed by atoms with Crippen LogP contribution in [0.1, 0.15) is 12.5 Å². The van der Waals surface area contributed by atoms with Gasteiger partial charge in [-0.2, -0.15) is 11.8 Å². The molecule has 0 saturated heterocycles. The fraction of sp³-hybridized carbons (Fsp3) is 0.385. The molecule has 0 fully saturated rings. The molecule has 0 bridgehead atoms. The third-order valence-electron chi connectivity index (χ3n) is 2.43. The molecule has 1 atom stereocenters. The van der Waals surface area contributed by atoms with Gasteiger partial charge in [0.15, 0.2) is 0 Å². The molecule has 5 nitrogen and oxygen atoms in total. The van der Waals surface area contributed by atoms with E-state index in [9.17, 15) is 9.59 Å². The molecule has 0 aromatic heterocycles. The zero-order valence-corrected chi connectivity index (χ0v) is 11.8. The van der Waals surface area contributed by atoms with Crippen molar-refractivity contribution >= 4 is 23.6 Å². The van der Waals surface area contributed by atoms with Gasteiger partial charge in [0.25, 0.3) is 0 Å². The maximum absolute atomic E-state index is 11.1. The van der Waals surface area contributed by atoms with Gasteiger partial charge in [0.2, 0.25) is 11.8 Å². The summed E-state index contributed by atoms with van der Waals surface area (Å²) in [5.41, 5.74) is 6.34. The molecule has 0 saturated carbocycles. The number of carbonyl (C=O) groups is 2. The number of primary amides is 1. The highest BCUT2D eigenvalue weighted by molar-refractivity contribution is 7.98. The first-order valence-corrected chi connectivity index (χ1v) is 6.95. The van der Waals surface area contributed by atoms with Crippen LogP contribution in [0.5, 0.6) is 5.75 Å². The normalized spacial score (nSPS) is 11.7. The summed E-state index contributed by atoms with van der Waals surface area (Å²) in [5, 5.41) is 2.53. The van der Waals surface area contributed by atoms with E-state index in [1.54, 1.807) is 18.9 Å². The van der Waals surface area contributed by atoms with E-state index in [1.165, 1.54) is 6.92 Å². The van der Waals surface area contributed by atoms with Crippen LogP contribution in [0.25, 0.3) is 0 Å². The average molecular weight is 282 g/mol. The second-order valence-electron chi connectivity index (χ2n) is 4.02. The van der Waals surface area contributed by atoms with E-state index in [1.807, 2.05) is 24.3 Å². The van der Waals surface area contributed by atoms with Gasteiger partial charge in [0, 0.05) is 18.4 Å². The van der Waals surface area contributed by atoms with E-state index in [2.05, 4.69) is 5.32 Å². The molecule has 3 N–H and O–H groups in total. The number of thioether (sulfide) groups is 1. The van der Waals surface area contributed by atoms with Gasteiger partial charge in [-0.05, 0) is 17.7 Å². The Morgan fingerprint density at radius 1 is 1.37 bits per heavy atom. The number of carbonyl (C=O) groups excluding carboxylic acids is 2. The van der Waals surface area contributed by atoms with Crippen molar-refractivity contribution in [2.75, 3.05) is 12.9 Å². The monoisotopic (exact) mass is 282 g/mol. The average Bonchev–Trinajstić information content (AvgIpc) is 2.37. The van der Waals surface area contributed by atoms with Crippen molar-refractivity contribution in [3.8, 4) is 5.75 Å². The molecule has 0 heterocycles. The quantitative estimate of drug-likeness (QED) is 0.779. The van der Waals surface area contributed by atoms with Crippen molar-refractivity contribution in [3.05, 3.63) is 29.8 Å². The third-order valence-corrected chi connectivity index (χ3v) is 3.54. The summed E-state index contributed by atoms with van der Waals surface area (Å²) in [6.45, 7) is 1.37. The van der Waals surface area contributed by atoms with Crippen LogP contribution >= 0.6 is 11.8 Å². The number of benzene rings is 1. The standard InChI is InChI=1S/C13H18N2O3S/c1-9(16)15-12(13(14)17)8-19-7-10-3-5-11(18-2)6-4-10/h3-6,12H,7-8H2,1-2H3,(H2,14,17)(H,15,16)/t12-/m0/s1. The third kappa shape index (κ3) is 5.65. The largest absolute Gasteiger partial charge is 0.497 e. The lowest BCUT2D eigenvalue weighted by molar-refractivity contribution is -0.125. The van der Waals surface area contributed by atoms with Gasteiger partial charge >= 0.3 is 0 Å². The van der Waals surface area contributed by atoms with E-state index in [4.69, 9.17) is 10.5 Å². The van der Waals surface area contributed by atoms with Gasteiger partial charge in [-0.15, -0.1) is 0 Å². The van der Waals surface area contributed by atoms with Crippen molar-refractivity contribution in [2.45, 2.75) is 18.7 Å². The Morgan fingerprint density at radius 2 is 2.00 bits per heavy atom. The molecule has 0 aliphatic rings. The van der Waals surface area contributed by atoms with E-state index < -0.39 is 11.9 Å². The lowest BCUT2D eigenvalue weighted by atomic mass is 10.2. The van der Waals surface area contributed by atoms with Crippen LogP contribution in [0.4, 0.5) is 0 Å². The van der Waals surface area contributed by atoms with E-state index >= 15 is 0 Å².